The van der Waals surface area contributed by atoms with Gasteiger partial charge in [-0.15, -0.1) is 0 Å². The van der Waals surface area contributed by atoms with Gasteiger partial charge in [-0.05, 0) is 36.4 Å². The van der Waals surface area contributed by atoms with E-state index >= 15 is 0 Å². The van der Waals surface area contributed by atoms with E-state index in [1.165, 1.54) is 0 Å². The number of benzene rings is 2. The quantitative estimate of drug-likeness (QED) is 0.597. The topological polar surface area (TPSA) is 42.6 Å². The Balaban J connectivity index is 1.50. The van der Waals surface area contributed by atoms with E-state index in [1.54, 1.807) is 23.9 Å². The summed E-state index contributed by atoms with van der Waals surface area (Å²) in [6, 6.07) is 15.2. The van der Waals surface area contributed by atoms with Crippen molar-refractivity contribution in [2.24, 2.45) is 7.05 Å². The highest BCUT2D eigenvalue weighted by atomic mass is 35.5. The van der Waals surface area contributed by atoms with Gasteiger partial charge in [0.05, 0.1) is 24.2 Å². The molecule has 4 rings (SSSR count). The Morgan fingerprint density at radius 1 is 0.967 bits per heavy atom. The average molecular weight is 447 g/mol. The first-order chi connectivity index (χ1) is 14.5. The van der Waals surface area contributed by atoms with Gasteiger partial charge in [-0.3, -0.25) is 14.4 Å². The summed E-state index contributed by atoms with van der Waals surface area (Å²) in [4.78, 5) is 17.4. The Morgan fingerprint density at radius 3 is 2.30 bits per heavy atom. The predicted molar refractivity (Wildman–Crippen MR) is 122 cm³/mol. The minimum atomic E-state index is -0.218. The Labute approximate surface area is 185 Å². The van der Waals surface area contributed by atoms with Gasteiger partial charge in [-0.2, -0.15) is 0 Å². The summed E-state index contributed by atoms with van der Waals surface area (Å²) in [6.07, 6.45) is 0. The van der Waals surface area contributed by atoms with Crippen molar-refractivity contribution in [2.45, 2.75) is 6.54 Å². The highest BCUT2D eigenvalue weighted by Crippen LogP contribution is 2.28. The van der Waals surface area contributed by atoms with Crippen LogP contribution in [0.1, 0.15) is 5.69 Å². The summed E-state index contributed by atoms with van der Waals surface area (Å²) in [5.74, 6) is 0.886. The Kier molecular flexibility index (Phi) is 6.09. The lowest BCUT2D eigenvalue weighted by atomic mass is 10.2. The van der Waals surface area contributed by atoms with Gasteiger partial charge in [-0.25, -0.2) is 4.68 Å². The molecule has 2 aromatic carbocycles. The molecule has 3 aromatic rings. The second-order valence-electron chi connectivity index (χ2n) is 7.31. The maximum absolute atomic E-state index is 12.8. The van der Waals surface area contributed by atoms with E-state index in [9.17, 15) is 4.79 Å². The molecule has 1 aliphatic heterocycles. The van der Waals surface area contributed by atoms with Crippen molar-refractivity contribution in [2.75, 3.05) is 38.2 Å². The van der Waals surface area contributed by atoms with E-state index in [0.29, 0.717) is 11.6 Å². The second-order valence-corrected chi connectivity index (χ2v) is 8.13. The maximum Gasteiger partial charge on any atom is 0.290 e. The van der Waals surface area contributed by atoms with Crippen LogP contribution in [0, 0.1) is 0 Å². The van der Waals surface area contributed by atoms with Gasteiger partial charge in [0.15, 0.2) is 0 Å². The van der Waals surface area contributed by atoms with Crippen LogP contribution in [0.15, 0.2) is 53.3 Å². The van der Waals surface area contributed by atoms with Crippen LogP contribution in [0.25, 0.3) is 5.69 Å². The summed E-state index contributed by atoms with van der Waals surface area (Å²) >= 11 is 12.4. The van der Waals surface area contributed by atoms with Crippen LogP contribution >= 0.6 is 23.2 Å². The summed E-state index contributed by atoms with van der Waals surface area (Å²) in [6.45, 7) is 4.11. The zero-order valence-corrected chi connectivity index (χ0v) is 18.5. The third-order valence-corrected chi connectivity index (χ3v) is 6.20. The minimum absolute atomic E-state index is 0.218. The molecule has 0 aliphatic carbocycles. The van der Waals surface area contributed by atoms with Crippen LogP contribution in [0.2, 0.25) is 10.0 Å². The molecule has 0 atom stereocenters. The van der Waals surface area contributed by atoms with Crippen molar-refractivity contribution in [1.29, 1.82) is 0 Å². The molecule has 1 saturated heterocycles. The summed E-state index contributed by atoms with van der Waals surface area (Å²) in [5, 5.41) is 0.889. The van der Waals surface area contributed by atoms with Gasteiger partial charge in [-0.1, -0.05) is 35.3 Å². The fourth-order valence-corrected chi connectivity index (χ4v) is 4.30. The van der Waals surface area contributed by atoms with Crippen LogP contribution in [-0.4, -0.2) is 47.6 Å². The van der Waals surface area contributed by atoms with Crippen LogP contribution in [0.3, 0.4) is 0 Å². The third kappa shape index (κ3) is 3.95. The zero-order valence-electron chi connectivity index (χ0n) is 17.0. The van der Waals surface area contributed by atoms with Crippen molar-refractivity contribution < 1.29 is 4.74 Å². The molecule has 1 fully saturated rings. The molecular formula is C22H24Cl2N4O2. The number of halogens is 2. The molecule has 1 aliphatic rings. The van der Waals surface area contributed by atoms with Crippen LogP contribution in [0.5, 0.6) is 5.75 Å². The maximum atomic E-state index is 12.8. The molecule has 0 N–H and O–H groups in total. The van der Waals surface area contributed by atoms with Crippen molar-refractivity contribution in [1.82, 2.24) is 14.3 Å². The minimum Gasteiger partial charge on any atom is -0.495 e. The van der Waals surface area contributed by atoms with Gasteiger partial charge in [0.1, 0.15) is 10.8 Å². The molecule has 8 heteroatoms. The van der Waals surface area contributed by atoms with Gasteiger partial charge < -0.3 is 9.64 Å². The standard InChI is InChI=1S/C22H24Cl2N4O2/c1-25-19(21(24)22(29)28(25)17-9-7-16(23)8-10-17)15-26-11-13-27(14-12-26)18-5-3-4-6-20(18)30-2/h3-10H,11-15H2,1-2H3. The summed E-state index contributed by atoms with van der Waals surface area (Å²) < 4.78 is 8.91. The van der Waals surface area contributed by atoms with E-state index < -0.39 is 0 Å². The molecule has 1 aromatic heterocycles. The third-order valence-electron chi connectivity index (χ3n) is 5.57. The number of methoxy groups -OCH3 is 1. The Morgan fingerprint density at radius 2 is 1.63 bits per heavy atom. The first-order valence-corrected chi connectivity index (χ1v) is 10.6. The van der Waals surface area contributed by atoms with E-state index in [0.717, 1.165) is 49.0 Å². The fourth-order valence-electron chi connectivity index (χ4n) is 3.91. The molecule has 2 heterocycles. The Bertz CT molecular complexity index is 1080. The van der Waals surface area contributed by atoms with E-state index in [2.05, 4.69) is 15.9 Å². The highest BCUT2D eigenvalue weighted by molar-refractivity contribution is 6.31. The molecule has 6 nitrogen and oxygen atoms in total. The van der Waals surface area contributed by atoms with Crippen LogP contribution < -0.4 is 15.2 Å². The van der Waals surface area contributed by atoms with Crippen molar-refractivity contribution in [3.8, 4) is 11.4 Å². The van der Waals surface area contributed by atoms with Crippen molar-refractivity contribution in [3.05, 3.63) is 74.6 Å². The lowest BCUT2D eigenvalue weighted by Gasteiger charge is -2.36. The van der Waals surface area contributed by atoms with Gasteiger partial charge in [0.2, 0.25) is 0 Å². The first kappa shape index (κ1) is 20.8. The molecular weight excluding hydrogens is 423 g/mol. The van der Waals surface area contributed by atoms with Crippen LogP contribution in [-0.2, 0) is 13.6 Å². The number of rotatable bonds is 5. The monoisotopic (exact) mass is 446 g/mol. The molecule has 0 radical (unpaired) electrons. The molecule has 158 valence electrons. The molecule has 0 spiro atoms. The molecule has 0 amide bonds. The second kappa shape index (κ2) is 8.76. The number of nitrogens with zero attached hydrogens (tertiary/aromatic N) is 4. The lowest BCUT2D eigenvalue weighted by Crippen LogP contribution is -2.46. The number of hydrogen-bond acceptors (Lipinski definition) is 4. The number of ether oxygens (including phenoxy) is 1. The molecule has 30 heavy (non-hydrogen) atoms. The van der Waals surface area contributed by atoms with E-state index in [-0.39, 0.29) is 10.6 Å². The van der Waals surface area contributed by atoms with Crippen molar-refractivity contribution >= 4 is 28.9 Å². The predicted octanol–water partition coefficient (Wildman–Crippen LogP) is 3.81. The zero-order chi connectivity index (χ0) is 21.3. The smallest absolute Gasteiger partial charge is 0.290 e. The van der Waals surface area contributed by atoms with Gasteiger partial charge >= 0.3 is 0 Å². The number of aromatic nitrogens is 2. The Hall–Kier alpha value is -2.41. The largest absolute Gasteiger partial charge is 0.495 e. The normalized spacial score (nSPS) is 14.9. The van der Waals surface area contributed by atoms with Gasteiger partial charge in [0.25, 0.3) is 5.56 Å². The number of para-hydroxylation sites is 2. The van der Waals surface area contributed by atoms with E-state index in [4.69, 9.17) is 27.9 Å². The van der Waals surface area contributed by atoms with Crippen molar-refractivity contribution in [3.63, 3.8) is 0 Å². The number of hydrogen-bond donors (Lipinski definition) is 0. The molecule has 0 saturated carbocycles. The van der Waals surface area contributed by atoms with Gasteiger partial charge in [0, 0.05) is 44.8 Å². The molecule has 0 bridgehead atoms. The average Bonchev–Trinajstić information content (AvgIpc) is 2.98. The SMILES string of the molecule is COc1ccccc1N1CCN(Cc2c(Cl)c(=O)n(-c3ccc(Cl)cc3)n2C)CC1. The first-order valence-electron chi connectivity index (χ1n) is 9.82. The summed E-state index contributed by atoms with van der Waals surface area (Å²) in [7, 11) is 3.56. The van der Waals surface area contributed by atoms with E-state index in [1.807, 2.05) is 42.1 Å². The van der Waals surface area contributed by atoms with Crippen LogP contribution in [0.4, 0.5) is 5.69 Å². The number of piperazine rings is 1. The summed E-state index contributed by atoms with van der Waals surface area (Å²) in [5.41, 5.74) is 2.44. The fraction of sp³-hybridized carbons (Fsp3) is 0.318. The molecule has 0 unspecified atom stereocenters. The lowest BCUT2D eigenvalue weighted by molar-refractivity contribution is 0.242. The number of anilines is 1. The highest BCUT2D eigenvalue weighted by Gasteiger charge is 2.23.